The normalized spacial score (nSPS) is 19.8. The summed E-state index contributed by atoms with van der Waals surface area (Å²) in [5.41, 5.74) is -3.38. The zero-order valence-corrected chi connectivity index (χ0v) is 15.2. The van der Waals surface area contributed by atoms with Crippen molar-refractivity contribution in [3.05, 3.63) is 51.5 Å². The maximum atomic E-state index is 13.0. The van der Waals surface area contributed by atoms with Gasteiger partial charge in [-0.25, -0.2) is 0 Å². The van der Waals surface area contributed by atoms with Crippen molar-refractivity contribution in [1.82, 2.24) is 5.01 Å². The second-order valence-electron chi connectivity index (χ2n) is 5.44. The fourth-order valence-electron chi connectivity index (χ4n) is 2.25. The predicted octanol–water partition coefficient (Wildman–Crippen LogP) is 3.55. The van der Waals surface area contributed by atoms with Crippen LogP contribution in [0, 0.1) is 3.57 Å². The van der Waals surface area contributed by atoms with Crippen LogP contribution in [0.3, 0.4) is 0 Å². The van der Waals surface area contributed by atoms with Crippen molar-refractivity contribution in [3.8, 4) is 5.75 Å². The number of hydrazone groups is 1. The molecule has 10 heteroatoms. The van der Waals surface area contributed by atoms with Gasteiger partial charge in [-0.05, 0) is 59.0 Å². The Morgan fingerprint density at radius 2 is 2.00 bits per heavy atom. The molecule has 3 rings (SSSR count). The van der Waals surface area contributed by atoms with E-state index in [1.807, 2.05) is 12.1 Å². The minimum atomic E-state index is -5.05. The van der Waals surface area contributed by atoms with E-state index < -0.39 is 24.2 Å². The summed E-state index contributed by atoms with van der Waals surface area (Å²) in [6, 6.07) is 9.80. The lowest BCUT2D eigenvalue weighted by Crippen LogP contribution is -2.56. The molecule has 1 atom stereocenters. The molecule has 1 aromatic heterocycles. The Labute approximate surface area is 159 Å². The van der Waals surface area contributed by atoms with Crippen LogP contribution >= 0.6 is 22.6 Å². The topological polar surface area (TPSA) is 75.3 Å². The van der Waals surface area contributed by atoms with Crippen LogP contribution in [-0.4, -0.2) is 34.1 Å². The number of hydrogen-bond acceptors (Lipinski definition) is 5. The van der Waals surface area contributed by atoms with E-state index in [9.17, 15) is 23.1 Å². The van der Waals surface area contributed by atoms with Crippen molar-refractivity contribution >= 4 is 34.7 Å². The summed E-state index contributed by atoms with van der Waals surface area (Å²) >= 11 is 2.15. The number of hydrogen-bond donors (Lipinski definition) is 1. The van der Waals surface area contributed by atoms with Gasteiger partial charge in [0.2, 0.25) is 0 Å². The molecule has 1 aromatic carbocycles. The molecule has 0 saturated carbocycles. The molecule has 0 radical (unpaired) electrons. The van der Waals surface area contributed by atoms with Crippen molar-refractivity contribution in [2.24, 2.45) is 5.10 Å². The van der Waals surface area contributed by atoms with Crippen LogP contribution in [0.1, 0.15) is 22.7 Å². The average Bonchev–Trinajstić information content (AvgIpc) is 3.21. The molecular formula is C16H12F3IN2O4. The van der Waals surface area contributed by atoms with Crippen LogP contribution in [0.15, 0.2) is 45.9 Å². The summed E-state index contributed by atoms with van der Waals surface area (Å²) in [6.07, 6.45) is -5.07. The zero-order valence-electron chi connectivity index (χ0n) is 13.0. The summed E-state index contributed by atoms with van der Waals surface area (Å²) < 4.78 is 50.9. The molecule has 1 unspecified atom stereocenters. The highest BCUT2D eigenvalue weighted by atomic mass is 127. The van der Waals surface area contributed by atoms with Gasteiger partial charge in [0.15, 0.2) is 5.76 Å². The quantitative estimate of drug-likeness (QED) is 0.680. The second kappa shape index (κ2) is 6.91. The van der Waals surface area contributed by atoms with Crippen LogP contribution in [-0.2, 0) is 6.61 Å². The molecule has 0 aliphatic carbocycles. The first-order valence-corrected chi connectivity index (χ1v) is 8.42. The first-order valence-electron chi connectivity index (χ1n) is 7.34. The number of benzene rings is 1. The Balaban J connectivity index is 1.70. The van der Waals surface area contributed by atoms with Crippen molar-refractivity contribution in [1.29, 1.82) is 0 Å². The predicted molar refractivity (Wildman–Crippen MR) is 92.5 cm³/mol. The van der Waals surface area contributed by atoms with Gasteiger partial charge in [-0.15, -0.1) is 0 Å². The third kappa shape index (κ3) is 3.56. The van der Waals surface area contributed by atoms with E-state index in [0.29, 0.717) is 5.75 Å². The Morgan fingerprint density at radius 1 is 1.31 bits per heavy atom. The molecule has 0 fully saturated rings. The number of carbonyl (C=O) groups is 1. The highest BCUT2D eigenvalue weighted by molar-refractivity contribution is 14.1. The first-order chi connectivity index (χ1) is 12.2. The maximum Gasteiger partial charge on any atom is 0.438 e. The summed E-state index contributed by atoms with van der Waals surface area (Å²) in [5.74, 6) is -0.761. The van der Waals surface area contributed by atoms with Gasteiger partial charge in [0.25, 0.3) is 5.72 Å². The number of carbonyl (C=O) groups excluding carboxylic acids is 1. The summed E-state index contributed by atoms with van der Waals surface area (Å²) in [7, 11) is 0. The van der Waals surface area contributed by atoms with E-state index in [1.165, 1.54) is 12.1 Å². The Morgan fingerprint density at radius 3 is 2.65 bits per heavy atom. The van der Waals surface area contributed by atoms with E-state index in [-0.39, 0.29) is 23.1 Å². The van der Waals surface area contributed by atoms with E-state index in [2.05, 4.69) is 27.7 Å². The Hall–Kier alpha value is -2.08. The molecule has 138 valence electrons. The number of alkyl halides is 3. The van der Waals surface area contributed by atoms with E-state index in [0.717, 1.165) is 9.78 Å². The standard InChI is InChI=1S/C16H12F3IN2O4/c17-16(18,19)15(24)7-8-21-22(15)14(23)13-6-5-12(26-13)9-25-11-3-1-10(20)2-4-11/h1-6,8,24H,7,9H2. The maximum absolute atomic E-state index is 13.0. The van der Waals surface area contributed by atoms with Crippen molar-refractivity contribution in [2.75, 3.05) is 0 Å². The zero-order chi connectivity index (χ0) is 18.9. The number of ether oxygens (including phenoxy) is 1. The number of rotatable bonds is 4. The monoisotopic (exact) mass is 480 g/mol. The number of amides is 1. The third-order valence-electron chi connectivity index (χ3n) is 3.64. The molecule has 1 N–H and O–H groups in total. The third-order valence-corrected chi connectivity index (χ3v) is 4.36. The van der Waals surface area contributed by atoms with Crippen LogP contribution in [0.5, 0.6) is 5.75 Å². The number of furan rings is 1. The smallest absolute Gasteiger partial charge is 0.438 e. The molecule has 1 aliphatic rings. The molecule has 2 heterocycles. The fourth-order valence-corrected chi connectivity index (χ4v) is 2.61. The lowest BCUT2D eigenvalue weighted by atomic mass is 10.1. The van der Waals surface area contributed by atoms with E-state index in [4.69, 9.17) is 9.15 Å². The van der Waals surface area contributed by atoms with Gasteiger partial charge in [0.05, 0.1) is 0 Å². The number of halogens is 4. The van der Waals surface area contributed by atoms with Crippen molar-refractivity contribution in [3.63, 3.8) is 0 Å². The van der Waals surface area contributed by atoms with Gasteiger partial charge in [0.1, 0.15) is 18.1 Å². The second-order valence-corrected chi connectivity index (χ2v) is 6.69. The molecule has 0 bridgehead atoms. The minimum Gasteiger partial charge on any atom is -0.486 e. The fraction of sp³-hybridized carbons (Fsp3) is 0.250. The van der Waals surface area contributed by atoms with Crippen LogP contribution in [0.4, 0.5) is 13.2 Å². The van der Waals surface area contributed by atoms with Crippen LogP contribution in [0.2, 0.25) is 0 Å². The van der Waals surface area contributed by atoms with E-state index >= 15 is 0 Å². The SMILES string of the molecule is O=C(c1ccc(COc2ccc(I)cc2)o1)N1N=CCC1(O)C(F)(F)F. The Bertz CT molecular complexity index is 835. The molecule has 6 nitrogen and oxygen atoms in total. The lowest BCUT2D eigenvalue weighted by Gasteiger charge is -2.31. The van der Waals surface area contributed by atoms with Gasteiger partial charge >= 0.3 is 12.1 Å². The van der Waals surface area contributed by atoms with Gasteiger partial charge in [-0.2, -0.15) is 23.3 Å². The van der Waals surface area contributed by atoms with Gasteiger partial charge in [-0.1, -0.05) is 0 Å². The average molecular weight is 480 g/mol. The highest BCUT2D eigenvalue weighted by Gasteiger charge is 2.61. The molecule has 1 amide bonds. The Kier molecular flexibility index (Phi) is 4.97. The minimum absolute atomic E-state index is 0.0132. The molecule has 2 aromatic rings. The van der Waals surface area contributed by atoms with E-state index in [1.54, 1.807) is 12.1 Å². The first kappa shape index (κ1) is 18.7. The molecule has 1 aliphatic heterocycles. The van der Waals surface area contributed by atoms with Gasteiger partial charge in [0, 0.05) is 16.2 Å². The molecule has 0 saturated heterocycles. The van der Waals surface area contributed by atoms with Gasteiger partial charge < -0.3 is 14.3 Å². The van der Waals surface area contributed by atoms with Crippen LogP contribution in [0.25, 0.3) is 0 Å². The lowest BCUT2D eigenvalue weighted by molar-refractivity contribution is -0.297. The molecular weight excluding hydrogens is 468 g/mol. The van der Waals surface area contributed by atoms with Crippen molar-refractivity contribution in [2.45, 2.75) is 24.9 Å². The van der Waals surface area contributed by atoms with Gasteiger partial charge in [-0.3, -0.25) is 4.79 Å². The highest BCUT2D eigenvalue weighted by Crippen LogP contribution is 2.39. The molecule has 0 spiro atoms. The largest absolute Gasteiger partial charge is 0.486 e. The summed E-state index contributed by atoms with van der Waals surface area (Å²) in [4.78, 5) is 12.3. The summed E-state index contributed by atoms with van der Waals surface area (Å²) in [6.45, 7) is -0.0132. The van der Waals surface area contributed by atoms with Crippen LogP contribution < -0.4 is 4.74 Å². The van der Waals surface area contributed by atoms with Crippen molar-refractivity contribution < 1.29 is 32.2 Å². The number of nitrogens with zero attached hydrogens (tertiary/aromatic N) is 2. The molecule has 26 heavy (non-hydrogen) atoms. The number of aliphatic hydroxyl groups is 1. The summed E-state index contributed by atoms with van der Waals surface area (Å²) in [5, 5.41) is 13.1.